The Morgan fingerprint density at radius 2 is 2.11 bits per heavy atom. The zero-order valence-electron chi connectivity index (χ0n) is 11.5. The summed E-state index contributed by atoms with van der Waals surface area (Å²) in [5.74, 6) is -1.65. The van der Waals surface area contributed by atoms with Gasteiger partial charge in [-0.2, -0.15) is 0 Å². The Balaban J connectivity index is 2.45. The van der Waals surface area contributed by atoms with E-state index in [4.69, 9.17) is 9.84 Å². The maximum absolute atomic E-state index is 13.4. The van der Waals surface area contributed by atoms with E-state index in [0.717, 1.165) is 31.7 Å². The van der Waals surface area contributed by atoms with Gasteiger partial charge in [0.1, 0.15) is 11.6 Å². The fourth-order valence-electron chi connectivity index (χ4n) is 1.83. The van der Waals surface area contributed by atoms with Crippen LogP contribution in [0.15, 0.2) is 18.2 Å². The van der Waals surface area contributed by atoms with Crippen molar-refractivity contribution in [3.05, 3.63) is 29.6 Å². The molecule has 0 aliphatic rings. The van der Waals surface area contributed by atoms with Gasteiger partial charge in [0, 0.05) is 6.07 Å². The molecule has 0 unspecified atom stereocenters. The molecule has 0 radical (unpaired) electrons. The first-order chi connectivity index (χ1) is 9.04. The highest BCUT2D eigenvalue weighted by molar-refractivity contribution is 5.89. The summed E-state index contributed by atoms with van der Waals surface area (Å²) >= 11 is 0. The number of benzene rings is 1. The lowest BCUT2D eigenvalue weighted by molar-refractivity contribution is 0.0314. The van der Waals surface area contributed by atoms with Gasteiger partial charge in [0.25, 0.3) is 0 Å². The molecule has 19 heavy (non-hydrogen) atoms. The van der Waals surface area contributed by atoms with Crippen molar-refractivity contribution in [1.82, 2.24) is 0 Å². The van der Waals surface area contributed by atoms with E-state index in [1.54, 1.807) is 0 Å². The van der Waals surface area contributed by atoms with Gasteiger partial charge >= 0.3 is 5.97 Å². The van der Waals surface area contributed by atoms with Crippen LogP contribution in [0, 0.1) is 5.82 Å². The van der Waals surface area contributed by atoms with Gasteiger partial charge in [-0.3, -0.25) is 0 Å². The predicted octanol–water partition coefficient (Wildman–Crippen LogP) is 4.05. The van der Waals surface area contributed by atoms with Crippen molar-refractivity contribution in [3.63, 3.8) is 0 Å². The molecule has 1 N–H and O–H groups in total. The summed E-state index contributed by atoms with van der Waals surface area (Å²) in [6.45, 7) is 3.94. The molecule has 0 aliphatic heterocycles. The predicted molar refractivity (Wildman–Crippen MR) is 71.7 cm³/mol. The number of unbranched alkanes of at least 4 members (excludes halogenated alkanes) is 3. The molecular formula is C15H21FO3. The zero-order valence-corrected chi connectivity index (χ0v) is 11.5. The number of rotatable bonds is 7. The average Bonchev–Trinajstić information content (AvgIpc) is 2.34. The van der Waals surface area contributed by atoms with Crippen LogP contribution in [-0.2, 0) is 4.74 Å². The Bertz CT molecular complexity index is 418. The van der Waals surface area contributed by atoms with Gasteiger partial charge in [-0.05, 0) is 31.9 Å². The van der Waals surface area contributed by atoms with Crippen molar-refractivity contribution in [2.75, 3.05) is 0 Å². The van der Waals surface area contributed by atoms with Gasteiger partial charge < -0.3 is 9.84 Å². The number of phenols is 1. The van der Waals surface area contributed by atoms with E-state index in [2.05, 4.69) is 6.92 Å². The molecule has 0 bridgehead atoms. The molecule has 0 aromatic heterocycles. The monoisotopic (exact) mass is 268 g/mol. The fraction of sp³-hybridized carbons (Fsp3) is 0.533. The smallest absolute Gasteiger partial charge is 0.341 e. The molecule has 1 aromatic rings. The summed E-state index contributed by atoms with van der Waals surface area (Å²) in [6.07, 6.45) is 5.01. The Kier molecular flexibility index (Phi) is 6.33. The molecule has 0 saturated heterocycles. The first-order valence-electron chi connectivity index (χ1n) is 6.74. The van der Waals surface area contributed by atoms with Gasteiger partial charge in [-0.1, -0.05) is 26.2 Å². The maximum atomic E-state index is 13.4. The molecule has 3 nitrogen and oxygen atoms in total. The van der Waals surface area contributed by atoms with Crippen LogP contribution in [0.2, 0.25) is 0 Å². The van der Waals surface area contributed by atoms with E-state index in [1.165, 1.54) is 18.6 Å². The van der Waals surface area contributed by atoms with E-state index in [0.29, 0.717) is 0 Å². The van der Waals surface area contributed by atoms with Gasteiger partial charge in [-0.25, -0.2) is 9.18 Å². The summed E-state index contributed by atoms with van der Waals surface area (Å²) in [7, 11) is 0. The van der Waals surface area contributed by atoms with Crippen molar-refractivity contribution in [2.45, 2.75) is 52.1 Å². The number of carbonyl (C=O) groups is 1. The number of halogens is 1. The Morgan fingerprint density at radius 1 is 1.37 bits per heavy atom. The highest BCUT2D eigenvalue weighted by atomic mass is 19.1. The van der Waals surface area contributed by atoms with Crippen molar-refractivity contribution < 1.29 is 19.0 Å². The Hall–Kier alpha value is -1.58. The zero-order chi connectivity index (χ0) is 14.3. The third-order valence-corrected chi connectivity index (χ3v) is 2.95. The molecular weight excluding hydrogens is 247 g/mol. The van der Waals surface area contributed by atoms with Gasteiger partial charge in [0.05, 0.1) is 11.7 Å². The van der Waals surface area contributed by atoms with E-state index in [9.17, 15) is 9.18 Å². The minimum atomic E-state index is -0.761. The molecule has 0 heterocycles. The van der Waals surface area contributed by atoms with E-state index < -0.39 is 11.8 Å². The van der Waals surface area contributed by atoms with Crippen molar-refractivity contribution in [2.24, 2.45) is 0 Å². The van der Waals surface area contributed by atoms with Gasteiger partial charge in [-0.15, -0.1) is 0 Å². The molecule has 0 fully saturated rings. The lowest BCUT2D eigenvalue weighted by Gasteiger charge is -2.13. The van der Waals surface area contributed by atoms with Crippen LogP contribution in [-0.4, -0.2) is 17.2 Å². The summed E-state index contributed by atoms with van der Waals surface area (Å²) in [5.41, 5.74) is -0.141. The first-order valence-corrected chi connectivity index (χ1v) is 6.74. The van der Waals surface area contributed by atoms with Gasteiger partial charge in [0.2, 0.25) is 0 Å². The topological polar surface area (TPSA) is 46.5 Å². The number of esters is 1. The molecule has 1 atom stereocenters. The summed E-state index contributed by atoms with van der Waals surface area (Å²) in [5, 5.41) is 9.08. The first kappa shape index (κ1) is 15.5. The molecule has 106 valence electrons. The summed E-state index contributed by atoms with van der Waals surface area (Å²) in [4.78, 5) is 11.7. The largest absolute Gasteiger partial charge is 0.508 e. The number of phenolic OH excluding ortho intramolecular Hbond substituents is 1. The molecule has 0 saturated carbocycles. The molecule has 0 spiro atoms. The molecule has 4 heteroatoms. The summed E-state index contributed by atoms with van der Waals surface area (Å²) < 4.78 is 18.6. The van der Waals surface area contributed by atoms with Crippen molar-refractivity contribution in [1.29, 1.82) is 0 Å². The van der Waals surface area contributed by atoms with E-state index >= 15 is 0 Å². The number of ether oxygens (including phenoxy) is 1. The Labute approximate surface area is 113 Å². The van der Waals surface area contributed by atoms with Crippen LogP contribution in [0.25, 0.3) is 0 Å². The second-order valence-corrected chi connectivity index (χ2v) is 4.73. The SMILES string of the molecule is CCCCCC[C@@H](C)OC(=O)c1ccc(O)cc1F. The standard InChI is InChI=1S/C15H21FO3/c1-3-4-5-6-7-11(2)19-15(18)13-9-8-12(17)10-14(13)16/h8-11,17H,3-7H2,1-2H3/t11-/m1/s1. The van der Waals surface area contributed by atoms with Crippen molar-refractivity contribution in [3.8, 4) is 5.75 Å². The highest BCUT2D eigenvalue weighted by Gasteiger charge is 2.16. The number of carbonyl (C=O) groups excluding carboxylic acids is 1. The number of aromatic hydroxyl groups is 1. The summed E-state index contributed by atoms with van der Waals surface area (Å²) in [6, 6.07) is 3.41. The second-order valence-electron chi connectivity index (χ2n) is 4.73. The van der Waals surface area contributed by atoms with Crippen LogP contribution in [0.5, 0.6) is 5.75 Å². The normalized spacial score (nSPS) is 12.2. The Morgan fingerprint density at radius 3 is 2.74 bits per heavy atom. The van der Waals surface area contributed by atoms with Crippen LogP contribution < -0.4 is 0 Å². The average molecular weight is 268 g/mol. The lowest BCUT2D eigenvalue weighted by atomic mass is 10.1. The third kappa shape index (κ3) is 5.28. The van der Waals surface area contributed by atoms with Crippen molar-refractivity contribution >= 4 is 5.97 Å². The lowest BCUT2D eigenvalue weighted by Crippen LogP contribution is -2.16. The quantitative estimate of drug-likeness (QED) is 0.599. The molecule has 0 aliphatic carbocycles. The fourth-order valence-corrected chi connectivity index (χ4v) is 1.83. The maximum Gasteiger partial charge on any atom is 0.341 e. The van der Waals surface area contributed by atoms with E-state index in [-0.39, 0.29) is 17.4 Å². The molecule has 0 amide bonds. The minimum absolute atomic E-state index is 0.141. The van der Waals surface area contributed by atoms with Crippen LogP contribution in [0.1, 0.15) is 56.3 Å². The third-order valence-electron chi connectivity index (χ3n) is 2.95. The second kappa shape index (κ2) is 7.77. The molecule has 1 aromatic carbocycles. The van der Waals surface area contributed by atoms with Crippen LogP contribution in [0.3, 0.4) is 0 Å². The number of hydrogen-bond donors (Lipinski definition) is 1. The minimum Gasteiger partial charge on any atom is -0.508 e. The molecule has 1 rings (SSSR count). The number of hydrogen-bond acceptors (Lipinski definition) is 3. The van der Waals surface area contributed by atoms with Crippen LogP contribution >= 0.6 is 0 Å². The highest BCUT2D eigenvalue weighted by Crippen LogP contribution is 2.17. The van der Waals surface area contributed by atoms with Crippen LogP contribution in [0.4, 0.5) is 4.39 Å². The van der Waals surface area contributed by atoms with Gasteiger partial charge in [0.15, 0.2) is 0 Å². The van der Waals surface area contributed by atoms with E-state index in [1.807, 2.05) is 6.92 Å².